The van der Waals surface area contributed by atoms with Crippen molar-refractivity contribution in [3.63, 3.8) is 0 Å². The Kier molecular flexibility index (Phi) is 9.92. The van der Waals surface area contributed by atoms with Crippen molar-refractivity contribution in [3.05, 3.63) is 69.7 Å². The lowest BCUT2D eigenvalue weighted by Gasteiger charge is -2.29. The van der Waals surface area contributed by atoms with Crippen molar-refractivity contribution < 1.29 is 9.59 Å². The summed E-state index contributed by atoms with van der Waals surface area (Å²) in [6, 6.07) is 13.4. The van der Waals surface area contributed by atoms with E-state index in [9.17, 15) is 9.59 Å². The molecule has 0 bridgehead atoms. The molecule has 1 N–H and O–H groups in total. The number of nitrogens with zero attached hydrogens (tertiary/aromatic N) is 1. The minimum atomic E-state index is -0.556. The Hall–Kier alpha value is -1.98. The second-order valence-corrected chi connectivity index (χ2v) is 9.55. The predicted molar refractivity (Wildman–Crippen MR) is 131 cm³/mol. The number of nitrogens with one attached hydrogen (secondary N) is 1. The van der Waals surface area contributed by atoms with Gasteiger partial charge in [0.1, 0.15) is 6.04 Å². The maximum atomic E-state index is 13.1. The Balaban J connectivity index is 2.08. The van der Waals surface area contributed by atoms with E-state index in [1.807, 2.05) is 26.0 Å². The fourth-order valence-corrected chi connectivity index (χ4v) is 4.30. The molecular formula is C25H33ClN2O2S. The van der Waals surface area contributed by atoms with Crippen molar-refractivity contribution in [2.24, 2.45) is 0 Å². The molecule has 0 saturated heterocycles. The maximum absolute atomic E-state index is 13.1. The van der Waals surface area contributed by atoms with Crippen molar-refractivity contribution in [2.45, 2.75) is 65.4 Å². The second-order valence-electron chi connectivity index (χ2n) is 8.13. The molecule has 0 aliphatic carbocycles. The van der Waals surface area contributed by atoms with Crippen LogP contribution in [0.25, 0.3) is 0 Å². The number of benzene rings is 2. The number of amides is 2. The van der Waals surface area contributed by atoms with Gasteiger partial charge in [-0.1, -0.05) is 60.0 Å². The molecule has 4 nitrogen and oxygen atoms in total. The third kappa shape index (κ3) is 8.23. The molecule has 0 aromatic heterocycles. The molecule has 31 heavy (non-hydrogen) atoms. The SMILES string of the molecule is CC[C@@H](C)NC(=O)[C@H](C)N(Cc1ccc(Cl)cc1)C(=O)CSCc1cc(C)cc(C)c1. The first-order chi connectivity index (χ1) is 14.7. The fourth-order valence-electron chi connectivity index (χ4n) is 3.33. The molecule has 0 aliphatic rings. The van der Waals surface area contributed by atoms with Crippen LogP contribution in [0, 0.1) is 13.8 Å². The van der Waals surface area contributed by atoms with Gasteiger partial charge in [-0.25, -0.2) is 0 Å². The molecular weight excluding hydrogens is 428 g/mol. The molecule has 0 fully saturated rings. The van der Waals surface area contributed by atoms with Gasteiger partial charge in [-0.3, -0.25) is 9.59 Å². The summed E-state index contributed by atoms with van der Waals surface area (Å²) in [5.74, 6) is 0.907. The van der Waals surface area contributed by atoms with Gasteiger partial charge in [0, 0.05) is 23.4 Å². The van der Waals surface area contributed by atoms with Gasteiger partial charge in [0.05, 0.1) is 5.75 Å². The topological polar surface area (TPSA) is 49.4 Å². The van der Waals surface area contributed by atoms with E-state index in [0.29, 0.717) is 17.3 Å². The number of carbonyl (C=O) groups excluding carboxylic acids is 2. The average molecular weight is 461 g/mol. The number of hydrogen-bond acceptors (Lipinski definition) is 3. The molecule has 6 heteroatoms. The number of halogens is 1. The fraction of sp³-hybridized carbons (Fsp3) is 0.440. The Bertz CT molecular complexity index is 865. The van der Waals surface area contributed by atoms with Crippen LogP contribution in [-0.4, -0.2) is 34.6 Å². The van der Waals surface area contributed by atoms with Gasteiger partial charge < -0.3 is 10.2 Å². The third-order valence-corrected chi connectivity index (χ3v) is 6.45. The van der Waals surface area contributed by atoms with Crippen LogP contribution in [0.5, 0.6) is 0 Å². The van der Waals surface area contributed by atoms with Gasteiger partial charge in [0.25, 0.3) is 0 Å². The zero-order chi connectivity index (χ0) is 23.0. The van der Waals surface area contributed by atoms with E-state index in [1.165, 1.54) is 16.7 Å². The molecule has 0 aliphatic heterocycles. The van der Waals surface area contributed by atoms with Crippen LogP contribution in [0.2, 0.25) is 5.02 Å². The molecule has 168 valence electrons. The van der Waals surface area contributed by atoms with Crippen molar-refractivity contribution in [3.8, 4) is 0 Å². The molecule has 0 radical (unpaired) electrons. The normalized spacial score (nSPS) is 12.8. The molecule has 0 unspecified atom stereocenters. The summed E-state index contributed by atoms with van der Waals surface area (Å²) in [6.07, 6.45) is 0.843. The monoisotopic (exact) mass is 460 g/mol. The van der Waals surface area contributed by atoms with Gasteiger partial charge in [-0.15, -0.1) is 11.8 Å². The van der Waals surface area contributed by atoms with Crippen LogP contribution in [0.4, 0.5) is 0 Å². The van der Waals surface area contributed by atoms with Gasteiger partial charge in [-0.2, -0.15) is 0 Å². The highest BCUT2D eigenvalue weighted by atomic mass is 35.5. The van der Waals surface area contributed by atoms with Crippen LogP contribution < -0.4 is 5.32 Å². The molecule has 0 heterocycles. The molecule has 2 rings (SSSR count). The summed E-state index contributed by atoms with van der Waals surface area (Å²) < 4.78 is 0. The van der Waals surface area contributed by atoms with Crippen LogP contribution in [0.15, 0.2) is 42.5 Å². The van der Waals surface area contributed by atoms with Crippen molar-refractivity contribution in [1.29, 1.82) is 0 Å². The Labute approximate surface area is 195 Å². The summed E-state index contributed by atoms with van der Waals surface area (Å²) in [5.41, 5.74) is 4.60. The van der Waals surface area contributed by atoms with E-state index in [-0.39, 0.29) is 17.9 Å². The first-order valence-electron chi connectivity index (χ1n) is 10.7. The highest BCUT2D eigenvalue weighted by Gasteiger charge is 2.26. The minimum absolute atomic E-state index is 0.0453. The Morgan fingerprint density at radius 2 is 1.65 bits per heavy atom. The van der Waals surface area contributed by atoms with Crippen LogP contribution >= 0.6 is 23.4 Å². The minimum Gasteiger partial charge on any atom is -0.352 e. The Morgan fingerprint density at radius 3 is 2.23 bits per heavy atom. The maximum Gasteiger partial charge on any atom is 0.242 e. The first-order valence-corrected chi connectivity index (χ1v) is 12.2. The second kappa shape index (κ2) is 12.2. The summed E-state index contributed by atoms with van der Waals surface area (Å²) in [6.45, 7) is 10.3. The van der Waals surface area contributed by atoms with Crippen LogP contribution in [0.1, 0.15) is 49.4 Å². The zero-order valence-corrected chi connectivity index (χ0v) is 20.6. The summed E-state index contributed by atoms with van der Waals surface area (Å²) >= 11 is 7.57. The van der Waals surface area contributed by atoms with E-state index in [0.717, 1.165) is 17.7 Å². The van der Waals surface area contributed by atoms with Gasteiger partial charge in [-0.05, 0) is 57.4 Å². The standard InChI is InChI=1S/C25H33ClN2O2S/c1-6-19(4)27-25(30)20(5)28(14-21-7-9-23(26)10-8-21)24(29)16-31-15-22-12-17(2)11-18(3)13-22/h7-13,19-20H,6,14-16H2,1-5H3,(H,27,30)/t19-,20+/m1/s1. The first kappa shape index (κ1) is 25.3. The van der Waals surface area contributed by atoms with E-state index >= 15 is 0 Å². The van der Waals surface area contributed by atoms with Crippen molar-refractivity contribution in [1.82, 2.24) is 10.2 Å². The van der Waals surface area contributed by atoms with E-state index in [2.05, 4.69) is 37.4 Å². The van der Waals surface area contributed by atoms with E-state index < -0.39 is 6.04 Å². The zero-order valence-electron chi connectivity index (χ0n) is 19.1. The summed E-state index contributed by atoms with van der Waals surface area (Å²) in [4.78, 5) is 27.5. The van der Waals surface area contributed by atoms with Gasteiger partial charge in [0.15, 0.2) is 0 Å². The number of thioether (sulfide) groups is 1. The van der Waals surface area contributed by atoms with Crippen molar-refractivity contribution >= 4 is 35.2 Å². The molecule has 2 aromatic rings. The largest absolute Gasteiger partial charge is 0.352 e. The van der Waals surface area contributed by atoms with E-state index in [1.54, 1.807) is 35.7 Å². The van der Waals surface area contributed by atoms with Crippen molar-refractivity contribution in [2.75, 3.05) is 5.75 Å². The Morgan fingerprint density at radius 1 is 1.03 bits per heavy atom. The molecule has 2 amide bonds. The lowest BCUT2D eigenvalue weighted by atomic mass is 10.1. The van der Waals surface area contributed by atoms with Gasteiger partial charge in [0.2, 0.25) is 11.8 Å². The molecule has 0 saturated carbocycles. The van der Waals surface area contributed by atoms with Crippen LogP contribution in [0.3, 0.4) is 0 Å². The van der Waals surface area contributed by atoms with E-state index in [4.69, 9.17) is 11.6 Å². The number of carbonyl (C=O) groups is 2. The smallest absolute Gasteiger partial charge is 0.242 e. The number of aryl methyl sites for hydroxylation is 2. The summed E-state index contributed by atoms with van der Waals surface area (Å²) in [5, 5.41) is 3.64. The lowest BCUT2D eigenvalue weighted by Crippen LogP contribution is -2.50. The highest BCUT2D eigenvalue weighted by molar-refractivity contribution is 7.99. The number of rotatable bonds is 10. The number of hydrogen-bond donors (Lipinski definition) is 1. The summed E-state index contributed by atoms with van der Waals surface area (Å²) in [7, 11) is 0. The molecule has 0 spiro atoms. The van der Waals surface area contributed by atoms with Crippen LogP contribution in [-0.2, 0) is 21.9 Å². The predicted octanol–water partition coefficient (Wildman–Crippen LogP) is 5.52. The quantitative estimate of drug-likeness (QED) is 0.507. The average Bonchev–Trinajstić information content (AvgIpc) is 2.71. The lowest BCUT2D eigenvalue weighted by molar-refractivity contribution is -0.138. The third-order valence-electron chi connectivity index (χ3n) is 5.21. The molecule has 2 atom stereocenters. The van der Waals surface area contributed by atoms with Gasteiger partial charge >= 0.3 is 0 Å². The highest BCUT2D eigenvalue weighted by Crippen LogP contribution is 2.19. The molecule has 2 aromatic carbocycles.